The normalized spacial score (nSPS) is 16.8. The molecule has 0 spiro atoms. The molecule has 2 amide bonds. The van der Waals surface area contributed by atoms with E-state index in [0.29, 0.717) is 6.54 Å². The Morgan fingerprint density at radius 2 is 1.72 bits per heavy atom. The van der Waals surface area contributed by atoms with Gasteiger partial charge >= 0.3 is 6.03 Å². The predicted octanol–water partition coefficient (Wildman–Crippen LogP) is 5.86. The van der Waals surface area contributed by atoms with Gasteiger partial charge in [0.05, 0.1) is 6.04 Å². The molecule has 0 saturated carbocycles. The zero-order chi connectivity index (χ0) is 22.7. The number of amides is 2. The SMILES string of the molecule is Cc1ccc(Cl)c(-c2ccc(CN3CCN(C(=O)N(C)C)C(c4ccccc4)C3)cc2)c1. The molecule has 1 aliphatic rings. The van der Waals surface area contributed by atoms with Crippen molar-refractivity contribution in [2.45, 2.75) is 19.5 Å². The van der Waals surface area contributed by atoms with Crippen LogP contribution in [0.2, 0.25) is 5.02 Å². The molecule has 1 unspecified atom stereocenters. The van der Waals surface area contributed by atoms with Gasteiger partial charge in [-0.2, -0.15) is 0 Å². The van der Waals surface area contributed by atoms with E-state index >= 15 is 0 Å². The number of hydrogen-bond donors (Lipinski definition) is 0. The Balaban J connectivity index is 1.50. The maximum absolute atomic E-state index is 12.8. The number of carbonyl (C=O) groups excluding carboxylic acids is 1. The van der Waals surface area contributed by atoms with Gasteiger partial charge in [0.15, 0.2) is 0 Å². The van der Waals surface area contributed by atoms with E-state index < -0.39 is 0 Å². The molecule has 1 fully saturated rings. The molecule has 0 aromatic heterocycles. The van der Waals surface area contributed by atoms with Gasteiger partial charge in [-0.05, 0) is 35.7 Å². The second kappa shape index (κ2) is 9.76. The molecule has 1 saturated heterocycles. The Hall–Kier alpha value is -2.82. The summed E-state index contributed by atoms with van der Waals surface area (Å²) in [5.74, 6) is 0. The van der Waals surface area contributed by atoms with Crippen LogP contribution in [0.4, 0.5) is 4.79 Å². The fourth-order valence-electron chi connectivity index (χ4n) is 4.34. The number of piperazine rings is 1. The molecule has 4 nitrogen and oxygen atoms in total. The van der Waals surface area contributed by atoms with Crippen LogP contribution in [0.15, 0.2) is 72.8 Å². The van der Waals surface area contributed by atoms with Crippen LogP contribution in [0.3, 0.4) is 0 Å². The third-order valence-electron chi connectivity index (χ3n) is 6.07. The minimum Gasteiger partial charge on any atom is -0.331 e. The van der Waals surface area contributed by atoms with Crippen molar-refractivity contribution in [2.24, 2.45) is 0 Å². The van der Waals surface area contributed by atoms with E-state index in [1.165, 1.54) is 16.7 Å². The number of benzene rings is 3. The molecule has 0 aliphatic carbocycles. The first-order valence-electron chi connectivity index (χ1n) is 11.0. The summed E-state index contributed by atoms with van der Waals surface area (Å²) in [5.41, 5.74) is 5.84. The van der Waals surface area contributed by atoms with E-state index in [4.69, 9.17) is 11.6 Å². The summed E-state index contributed by atoms with van der Waals surface area (Å²) >= 11 is 6.42. The Labute approximate surface area is 196 Å². The van der Waals surface area contributed by atoms with Crippen molar-refractivity contribution < 1.29 is 4.79 Å². The molecule has 0 bridgehead atoms. The number of aryl methyl sites for hydroxylation is 1. The molecular formula is C27H30ClN3O. The van der Waals surface area contributed by atoms with Crippen LogP contribution in [-0.4, -0.2) is 54.5 Å². The minimum absolute atomic E-state index is 0.0465. The highest BCUT2D eigenvalue weighted by atomic mass is 35.5. The zero-order valence-electron chi connectivity index (χ0n) is 19.0. The van der Waals surface area contributed by atoms with E-state index in [0.717, 1.165) is 35.8 Å². The standard InChI is InChI=1S/C27H30ClN3O/c1-20-9-14-25(28)24(17-20)22-12-10-21(11-13-22)18-30-15-16-31(27(32)29(2)3)26(19-30)23-7-5-4-6-8-23/h4-14,17,26H,15-16,18-19H2,1-3H3. The van der Waals surface area contributed by atoms with Gasteiger partial charge in [0.2, 0.25) is 0 Å². The van der Waals surface area contributed by atoms with Crippen molar-refractivity contribution in [3.63, 3.8) is 0 Å². The van der Waals surface area contributed by atoms with Gasteiger partial charge in [0.1, 0.15) is 0 Å². The van der Waals surface area contributed by atoms with Gasteiger partial charge in [-0.25, -0.2) is 4.79 Å². The summed E-state index contributed by atoms with van der Waals surface area (Å²) in [6.07, 6.45) is 0. The summed E-state index contributed by atoms with van der Waals surface area (Å²) < 4.78 is 0. The van der Waals surface area contributed by atoms with Gasteiger partial charge in [0, 0.05) is 50.9 Å². The van der Waals surface area contributed by atoms with Crippen LogP contribution in [-0.2, 0) is 6.54 Å². The largest absolute Gasteiger partial charge is 0.331 e. The molecule has 5 heteroatoms. The number of urea groups is 1. The molecule has 32 heavy (non-hydrogen) atoms. The van der Waals surface area contributed by atoms with Gasteiger partial charge in [-0.15, -0.1) is 0 Å². The predicted molar refractivity (Wildman–Crippen MR) is 132 cm³/mol. The maximum atomic E-state index is 12.8. The Bertz CT molecular complexity index is 1070. The second-order valence-corrected chi connectivity index (χ2v) is 9.12. The van der Waals surface area contributed by atoms with Crippen LogP contribution in [0, 0.1) is 6.92 Å². The summed E-state index contributed by atoms with van der Waals surface area (Å²) in [7, 11) is 3.64. The average Bonchev–Trinajstić information content (AvgIpc) is 2.81. The second-order valence-electron chi connectivity index (χ2n) is 8.71. The fraction of sp³-hybridized carbons (Fsp3) is 0.296. The van der Waals surface area contributed by atoms with Crippen molar-refractivity contribution in [2.75, 3.05) is 33.7 Å². The van der Waals surface area contributed by atoms with Gasteiger partial charge in [0.25, 0.3) is 0 Å². The summed E-state index contributed by atoms with van der Waals surface area (Å²) in [6.45, 7) is 5.32. The lowest BCUT2D eigenvalue weighted by molar-refractivity contribution is 0.0776. The van der Waals surface area contributed by atoms with Crippen molar-refractivity contribution >= 4 is 17.6 Å². The van der Waals surface area contributed by atoms with Crippen molar-refractivity contribution in [3.8, 4) is 11.1 Å². The maximum Gasteiger partial charge on any atom is 0.320 e. The molecule has 4 rings (SSSR count). The van der Waals surface area contributed by atoms with Crippen LogP contribution in [0.5, 0.6) is 0 Å². The highest BCUT2D eigenvalue weighted by Crippen LogP contribution is 2.30. The van der Waals surface area contributed by atoms with Crippen LogP contribution < -0.4 is 0 Å². The van der Waals surface area contributed by atoms with E-state index in [2.05, 4.69) is 54.3 Å². The molecule has 3 aromatic rings. The lowest BCUT2D eigenvalue weighted by atomic mass is 10.0. The molecule has 3 aromatic carbocycles. The average molecular weight is 448 g/mol. The Kier molecular flexibility index (Phi) is 6.83. The number of hydrogen-bond acceptors (Lipinski definition) is 2. The molecule has 166 valence electrons. The van der Waals surface area contributed by atoms with E-state index in [9.17, 15) is 4.79 Å². The first-order chi connectivity index (χ1) is 15.4. The van der Waals surface area contributed by atoms with Gasteiger partial charge < -0.3 is 9.80 Å². The molecule has 1 aliphatic heterocycles. The van der Waals surface area contributed by atoms with Crippen molar-refractivity contribution in [1.82, 2.24) is 14.7 Å². The van der Waals surface area contributed by atoms with E-state index in [1.807, 2.05) is 49.3 Å². The molecule has 1 atom stereocenters. The number of carbonyl (C=O) groups is 1. The first kappa shape index (κ1) is 22.4. The molecule has 0 radical (unpaired) electrons. The van der Waals surface area contributed by atoms with Crippen LogP contribution in [0.25, 0.3) is 11.1 Å². The lowest BCUT2D eigenvalue weighted by Crippen LogP contribution is -2.52. The van der Waals surface area contributed by atoms with E-state index in [1.54, 1.807) is 4.90 Å². The summed E-state index contributed by atoms with van der Waals surface area (Å²) in [4.78, 5) is 18.9. The number of rotatable bonds is 4. The third-order valence-corrected chi connectivity index (χ3v) is 6.40. The number of halogens is 1. The van der Waals surface area contributed by atoms with Gasteiger partial charge in [-0.1, -0.05) is 77.8 Å². The smallest absolute Gasteiger partial charge is 0.320 e. The Morgan fingerprint density at radius 1 is 1.00 bits per heavy atom. The topological polar surface area (TPSA) is 26.8 Å². The molecule has 0 N–H and O–H groups in total. The molecule has 1 heterocycles. The Morgan fingerprint density at radius 3 is 2.41 bits per heavy atom. The highest BCUT2D eigenvalue weighted by molar-refractivity contribution is 6.33. The van der Waals surface area contributed by atoms with E-state index in [-0.39, 0.29) is 12.1 Å². The summed E-state index contributed by atoms with van der Waals surface area (Å²) in [6, 6.07) is 25.2. The van der Waals surface area contributed by atoms with Crippen LogP contribution in [0.1, 0.15) is 22.7 Å². The lowest BCUT2D eigenvalue weighted by Gasteiger charge is -2.42. The fourth-order valence-corrected chi connectivity index (χ4v) is 4.56. The van der Waals surface area contributed by atoms with Crippen molar-refractivity contribution in [3.05, 3.63) is 94.5 Å². The zero-order valence-corrected chi connectivity index (χ0v) is 19.7. The monoisotopic (exact) mass is 447 g/mol. The highest BCUT2D eigenvalue weighted by Gasteiger charge is 2.32. The first-order valence-corrected chi connectivity index (χ1v) is 11.4. The summed E-state index contributed by atoms with van der Waals surface area (Å²) in [5, 5.41) is 0.774. The van der Waals surface area contributed by atoms with Gasteiger partial charge in [-0.3, -0.25) is 4.90 Å². The number of nitrogens with zero attached hydrogens (tertiary/aromatic N) is 3. The van der Waals surface area contributed by atoms with Crippen molar-refractivity contribution in [1.29, 1.82) is 0 Å². The minimum atomic E-state index is 0.0465. The quantitative estimate of drug-likeness (QED) is 0.501. The van der Waals surface area contributed by atoms with Crippen LogP contribution >= 0.6 is 11.6 Å². The third kappa shape index (κ3) is 4.98. The molecular weight excluding hydrogens is 418 g/mol.